The van der Waals surface area contributed by atoms with E-state index in [-0.39, 0.29) is 12.1 Å². The highest BCUT2D eigenvalue weighted by atomic mass is 16.6. The van der Waals surface area contributed by atoms with Crippen LogP contribution >= 0.6 is 0 Å². The highest BCUT2D eigenvalue weighted by Crippen LogP contribution is 2.21. The number of rotatable bonds is 4. The van der Waals surface area contributed by atoms with Gasteiger partial charge in [-0.3, -0.25) is 0 Å². The Hall–Kier alpha value is -1.06. The lowest BCUT2D eigenvalue weighted by Crippen LogP contribution is -2.38. The van der Waals surface area contributed by atoms with Gasteiger partial charge in [-0.2, -0.15) is 0 Å². The quantitative estimate of drug-likeness (QED) is 0.819. The normalized spacial score (nSPS) is 18.3. The number of benzene rings is 1. The van der Waals surface area contributed by atoms with E-state index >= 15 is 0 Å². The summed E-state index contributed by atoms with van der Waals surface area (Å²) in [4.78, 5) is 0. The zero-order valence-electron chi connectivity index (χ0n) is 8.98. The summed E-state index contributed by atoms with van der Waals surface area (Å²) in [6, 6.07) is 8.11. The largest absolute Gasteiger partial charge is 0.486 e. The lowest BCUT2D eigenvalue weighted by Gasteiger charge is -2.27. The Morgan fingerprint density at radius 1 is 1.53 bits per heavy atom. The van der Waals surface area contributed by atoms with Gasteiger partial charge in [0, 0.05) is 6.04 Å². The second-order valence-electron chi connectivity index (χ2n) is 3.86. The molecule has 1 atom stereocenters. The van der Waals surface area contributed by atoms with Gasteiger partial charge in [-0.15, -0.1) is 0 Å². The smallest absolute Gasteiger partial charge is 0.145 e. The SMILES string of the molecule is CCC(N)c1cccc(OC2COC2)c1. The summed E-state index contributed by atoms with van der Waals surface area (Å²) in [5.74, 6) is 0.893. The molecule has 1 aliphatic heterocycles. The van der Waals surface area contributed by atoms with Gasteiger partial charge >= 0.3 is 0 Å². The first-order chi connectivity index (χ1) is 7.29. The predicted octanol–water partition coefficient (Wildman–Crippen LogP) is 1.87. The minimum Gasteiger partial charge on any atom is -0.486 e. The van der Waals surface area contributed by atoms with Gasteiger partial charge in [-0.25, -0.2) is 0 Å². The molecule has 82 valence electrons. The molecule has 0 aliphatic carbocycles. The van der Waals surface area contributed by atoms with Crippen LogP contribution < -0.4 is 10.5 Å². The maximum atomic E-state index is 5.96. The highest BCUT2D eigenvalue weighted by molar-refractivity contribution is 5.30. The van der Waals surface area contributed by atoms with Crippen LogP contribution in [-0.2, 0) is 4.74 Å². The van der Waals surface area contributed by atoms with Crippen molar-refractivity contribution < 1.29 is 9.47 Å². The molecule has 0 spiro atoms. The number of ether oxygens (including phenoxy) is 2. The summed E-state index contributed by atoms with van der Waals surface area (Å²) < 4.78 is 10.8. The highest BCUT2D eigenvalue weighted by Gasteiger charge is 2.20. The van der Waals surface area contributed by atoms with Gasteiger partial charge in [0.25, 0.3) is 0 Å². The van der Waals surface area contributed by atoms with Gasteiger partial charge < -0.3 is 15.2 Å². The molecule has 0 aromatic heterocycles. The lowest BCUT2D eigenvalue weighted by molar-refractivity contribution is -0.0797. The molecule has 1 heterocycles. The monoisotopic (exact) mass is 207 g/mol. The van der Waals surface area contributed by atoms with Crippen LogP contribution in [0.2, 0.25) is 0 Å². The zero-order chi connectivity index (χ0) is 10.7. The third-order valence-corrected chi connectivity index (χ3v) is 2.64. The van der Waals surface area contributed by atoms with Crippen molar-refractivity contribution in [2.75, 3.05) is 13.2 Å². The predicted molar refractivity (Wildman–Crippen MR) is 58.9 cm³/mol. The molecular weight excluding hydrogens is 190 g/mol. The van der Waals surface area contributed by atoms with Crippen LogP contribution in [0.3, 0.4) is 0 Å². The third kappa shape index (κ3) is 2.49. The van der Waals surface area contributed by atoms with Crippen molar-refractivity contribution in [3.63, 3.8) is 0 Å². The maximum Gasteiger partial charge on any atom is 0.145 e. The van der Waals surface area contributed by atoms with Crippen LogP contribution in [0.1, 0.15) is 24.9 Å². The fourth-order valence-corrected chi connectivity index (χ4v) is 1.53. The Labute approximate surface area is 90.2 Å². The molecule has 0 amide bonds. The second kappa shape index (κ2) is 4.64. The van der Waals surface area contributed by atoms with Crippen LogP contribution in [0.4, 0.5) is 0 Å². The van der Waals surface area contributed by atoms with Gasteiger partial charge in [-0.1, -0.05) is 19.1 Å². The van der Waals surface area contributed by atoms with E-state index in [1.807, 2.05) is 24.3 Å². The minimum atomic E-state index is 0.103. The molecule has 3 nitrogen and oxygen atoms in total. The van der Waals surface area contributed by atoms with Crippen LogP contribution in [0.15, 0.2) is 24.3 Å². The van der Waals surface area contributed by atoms with E-state index in [0.29, 0.717) is 13.2 Å². The minimum absolute atomic E-state index is 0.103. The Morgan fingerprint density at radius 2 is 2.33 bits per heavy atom. The lowest BCUT2D eigenvalue weighted by atomic mass is 10.1. The van der Waals surface area contributed by atoms with E-state index in [9.17, 15) is 0 Å². The maximum absolute atomic E-state index is 5.96. The van der Waals surface area contributed by atoms with Gasteiger partial charge in [-0.05, 0) is 24.1 Å². The summed E-state index contributed by atoms with van der Waals surface area (Å²) in [5.41, 5.74) is 7.09. The zero-order valence-corrected chi connectivity index (χ0v) is 8.98. The standard InChI is InChI=1S/C12H17NO2/c1-2-12(13)9-4-3-5-10(6-9)15-11-7-14-8-11/h3-6,11-12H,2,7-8,13H2,1H3. The van der Waals surface area contributed by atoms with Crippen molar-refractivity contribution in [2.24, 2.45) is 5.73 Å². The molecule has 1 fully saturated rings. The molecule has 1 saturated heterocycles. The first-order valence-electron chi connectivity index (χ1n) is 5.39. The van der Waals surface area contributed by atoms with E-state index < -0.39 is 0 Å². The van der Waals surface area contributed by atoms with Crippen molar-refractivity contribution in [3.05, 3.63) is 29.8 Å². The van der Waals surface area contributed by atoms with E-state index in [0.717, 1.165) is 17.7 Å². The van der Waals surface area contributed by atoms with Gasteiger partial charge in [0.05, 0.1) is 13.2 Å². The van der Waals surface area contributed by atoms with Crippen molar-refractivity contribution in [2.45, 2.75) is 25.5 Å². The van der Waals surface area contributed by atoms with Crippen molar-refractivity contribution in [1.82, 2.24) is 0 Å². The second-order valence-corrected chi connectivity index (χ2v) is 3.86. The summed E-state index contributed by atoms with van der Waals surface area (Å²) in [7, 11) is 0. The van der Waals surface area contributed by atoms with Gasteiger partial charge in [0.1, 0.15) is 11.9 Å². The summed E-state index contributed by atoms with van der Waals surface area (Å²) in [6.07, 6.45) is 1.16. The number of hydrogen-bond acceptors (Lipinski definition) is 3. The van der Waals surface area contributed by atoms with Crippen LogP contribution in [0.25, 0.3) is 0 Å². The van der Waals surface area contributed by atoms with Gasteiger partial charge in [0.15, 0.2) is 0 Å². The molecule has 1 aromatic carbocycles. The molecule has 0 saturated carbocycles. The fourth-order valence-electron chi connectivity index (χ4n) is 1.53. The van der Waals surface area contributed by atoms with Gasteiger partial charge in [0.2, 0.25) is 0 Å². The molecule has 15 heavy (non-hydrogen) atoms. The van der Waals surface area contributed by atoms with E-state index in [1.54, 1.807) is 0 Å². The average Bonchev–Trinajstić information content (AvgIpc) is 2.23. The summed E-state index contributed by atoms with van der Waals surface area (Å²) >= 11 is 0. The molecule has 0 bridgehead atoms. The molecule has 1 unspecified atom stereocenters. The topological polar surface area (TPSA) is 44.5 Å². The fraction of sp³-hybridized carbons (Fsp3) is 0.500. The van der Waals surface area contributed by atoms with E-state index in [1.165, 1.54) is 0 Å². The van der Waals surface area contributed by atoms with E-state index in [4.69, 9.17) is 15.2 Å². The Kier molecular flexibility index (Phi) is 3.23. The Bertz CT molecular complexity index is 323. The third-order valence-electron chi connectivity index (χ3n) is 2.64. The first kappa shape index (κ1) is 10.5. The van der Waals surface area contributed by atoms with Crippen molar-refractivity contribution in [3.8, 4) is 5.75 Å². The van der Waals surface area contributed by atoms with Crippen molar-refractivity contribution in [1.29, 1.82) is 0 Å². The van der Waals surface area contributed by atoms with Crippen LogP contribution in [-0.4, -0.2) is 19.3 Å². The molecule has 1 aromatic rings. The summed E-state index contributed by atoms with van der Waals surface area (Å²) in [5, 5.41) is 0. The molecule has 1 aliphatic rings. The Balaban J connectivity index is 2.04. The molecule has 0 radical (unpaired) electrons. The van der Waals surface area contributed by atoms with Crippen LogP contribution in [0.5, 0.6) is 5.75 Å². The van der Waals surface area contributed by atoms with E-state index in [2.05, 4.69) is 6.92 Å². The van der Waals surface area contributed by atoms with Crippen LogP contribution in [0, 0.1) is 0 Å². The average molecular weight is 207 g/mol. The molecule has 2 rings (SSSR count). The van der Waals surface area contributed by atoms with Crippen molar-refractivity contribution >= 4 is 0 Å². The number of hydrogen-bond donors (Lipinski definition) is 1. The molecular formula is C12H17NO2. The Morgan fingerprint density at radius 3 is 2.93 bits per heavy atom. The molecule has 2 N–H and O–H groups in total. The summed E-state index contributed by atoms with van der Waals surface area (Å²) in [6.45, 7) is 3.48. The first-order valence-corrected chi connectivity index (χ1v) is 5.39. The number of nitrogens with two attached hydrogens (primary N) is 1. The molecule has 3 heteroatoms.